The highest BCUT2D eigenvalue weighted by molar-refractivity contribution is 5.78. The molecule has 1 aliphatic heterocycles. The van der Waals surface area contributed by atoms with Gasteiger partial charge in [-0.1, -0.05) is 12.1 Å². The van der Waals surface area contributed by atoms with E-state index in [1.165, 1.54) is 0 Å². The maximum atomic E-state index is 12.7. The summed E-state index contributed by atoms with van der Waals surface area (Å²) in [5, 5.41) is 7.75. The zero-order valence-corrected chi connectivity index (χ0v) is 16.1. The van der Waals surface area contributed by atoms with Crippen LogP contribution < -0.4 is 0 Å². The Morgan fingerprint density at radius 3 is 2.85 bits per heavy atom. The Bertz CT molecular complexity index is 958. The first-order valence-corrected chi connectivity index (χ1v) is 9.56. The Labute approximate surface area is 158 Å². The molecular formula is C20H25N5O2. The van der Waals surface area contributed by atoms with E-state index in [1.54, 1.807) is 6.92 Å². The standard InChI is InChI=1S/C20H25N5O2/c1-13(2)25-17-9-5-4-8-16(17)21-20(25)15-7-6-10-24(12-15)19(26)11-18-23-22-14(3)27-18/h4-5,8-9,13,15H,6-7,10-12H2,1-3H3. The fourth-order valence-corrected chi connectivity index (χ4v) is 3.96. The molecule has 7 heteroatoms. The molecule has 1 saturated heterocycles. The number of likely N-dealkylation sites (tertiary alicyclic amines) is 1. The molecule has 0 spiro atoms. The highest BCUT2D eigenvalue weighted by Crippen LogP contribution is 2.31. The van der Waals surface area contributed by atoms with Crippen molar-refractivity contribution in [1.29, 1.82) is 0 Å². The molecule has 1 fully saturated rings. The van der Waals surface area contributed by atoms with Gasteiger partial charge in [0.2, 0.25) is 17.7 Å². The third-order valence-electron chi connectivity index (χ3n) is 5.15. The van der Waals surface area contributed by atoms with Crippen molar-refractivity contribution >= 4 is 16.9 Å². The summed E-state index contributed by atoms with van der Waals surface area (Å²) in [6, 6.07) is 8.57. The van der Waals surface area contributed by atoms with Crippen molar-refractivity contribution in [1.82, 2.24) is 24.6 Å². The Morgan fingerprint density at radius 1 is 1.30 bits per heavy atom. The molecule has 3 heterocycles. The summed E-state index contributed by atoms with van der Waals surface area (Å²) in [5.74, 6) is 2.23. The Kier molecular flexibility index (Phi) is 4.68. The molecule has 0 radical (unpaired) electrons. The third kappa shape index (κ3) is 3.46. The second-order valence-corrected chi connectivity index (χ2v) is 7.49. The summed E-state index contributed by atoms with van der Waals surface area (Å²) >= 11 is 0. The topological polar surface area (TPSA) is 77.1 Å². The maximum absolute atomic E-state index is 12.7. The number of benzene rings is 1. The molecule has 142 valence electrons. The predicted octanol–water partition coefficient (Wildman–Crippen LogP) is 3.26. The zero-order valence-electron chi connectivity index (χ0n) is 16.1. The number of aromatic nitrogens is 4. The molecule has 4 rings (SSSR count). The number of carbonyl (C=O) groups excluding carboxylic acids is 1. The number of nitrogens with zero attached hydrogens (tertiary/aromatic N) is 5. The first-order chi connectivity index (χ1) is 13.0. The number of fused-ring (bicyclic) bond motifs is 1. The van der Waals surface area contributed by atoms with Crippen LogP contribution in [0.25, 0.3) is 11.0 Å². The molecule has 0 N–H and O–H groups in total. The van der Waals surface area contributed by atoms with Crippen LogP contribution in [0.1, 0.15) is 56.3 Å². The van der Waals surface area contributed by atoms with E-state index in [0.29, 0.717) is 24.4 Å². The number of hydrogen-bond acceptors (Lipinski definition) is 5. The Morgan fingerprint density at radius 2 is 2.11 bits per heavy atom. The van der Waals surface area contributed by atoms with Crippen molar-refractivity contribution in [2.24, 2.45) is 0 Å². The lowest BCUT2D eigenvalue weighted by Gasteiger charge is -2.33. The van der Waals surface area contributed by atoms with Gasteiger partial charge in [-0.15, -0.1) is 10.2 Å². The molecule has 1 unspecified atom stereocenters. The van der Waals surface area contributed by atoms with Crippen LogP contribution in [0.5, 0.6) is 0 Å². The highest BCUT2D eigenvalue weighted by Gasteiger charge is 2.29. The molecule has 0 aliphatic carbocycles. The van der Waals surface area contributed by atoms with Gasteiger partial charge in [0.05, 0.1) is 11.0 Å². The Balaban J connectivity index is 1.57. The van der Waals surface area contributed by atoms with E-state index in [4.69, 9.17) is 9.40 Å². The number of para-hydroxylation sites is 2. The average molecular weight is 367 g/mol. The van der Waals surface area contributed by atoms with E-state index in [0.717, 1.165) is 36.2 Å². The third-order valence-corrected chi connectivity index (χ3v) is 5.15. The van der Waals surface area contributed by atoms with Gasteiger partial charge in [-0.05, 0) is 38.8 Å². The van der Waals surface area contributed by atoms with Crippen LogP contribution in [0.2, 0.25) is 0 Å². The van der Waals surface area contributed by atoms with Crippen LogP contribution in [0, 0.1) is 6.92 Å². The van der Waals surface area contributed by atoms with Crippen LogP contribution >= 0.6 is 0 Å². The Hall–Kier alpha value is -2.70. The van der Waals surface area contributed by atoms with Gasteiger partial charge >= 0.3 is 0 Å². The van der Waals surface area contributed by atoms with Crippen LogP contribution in [0.15, 0.2) is 28.7 Å². The largest absolute Gasteiger partial charge is 0.425 e. The van der Waals surface area contributed by atoms with Gasteiger partial charge in [0.15, 0.2) is 0 Å². The highest BCUT2D eigenvalue weighted by atomic mass is 16.4. The normalized spacial score (nSPS) is 17.8. The molecule has 0 saturated carbocycles. The number of piperidine rings is 1. The molecule has 1 aromatic carbocycles. The van der Waals surface area contributed by atoms with E-state index >= 15 is 0 Å². The van der Waals surface area contributed by atoms with E-state index in [1.807, 2.05) is 11.0 Å². The molecule has 27 heavy (non-hydrogen) atoms. The van der Waals surface area contributed by atoms with E-state index in [9.17, 15) is 4.79 Å². The van der Waals surface area contributed by atoms with Gasteiger partial charge in [-0.3, -0.25) is 4.79 Å². The van der Waals surface area contributed by atoms with Crippen LogP contribution in [-0.2, 0) is 11.2 Å². The molecule has 1 aliphatic rings. The number of rotatable bonds is 4. The minimum absolute atomic E-state index is 0.0376. The minimum atomic E-state index is 0.0376. The van der Waals surface area contributed by atoms with Gasteiger partial charge in [0, 0.05) is 32.0 Å². The molecule has 2 aromatic heterocycles. The zero-order chi connectivity index (χ0) is 19.0. The average Bonchev–Trinajstić information content (AvgIpc) is 3.25. The van der Waals surface area contributed by atoms with E-state index in [2.05, 4.69) is 46.8 Å². The summed E-state index contributed by atoms with van der Waals surface area (Å²) in [5.41, 5.74) is 2.18. The summed E-state index contributed by atoms with van der Waals surface area (Å²) in [6.45, 7) is 7.54. The minimum Gasteiger partial charge on any atom is -0.425 e. The fourth-order valence-electron chi connectivity index (χ4n) is 3.96. The summed E-state index contributed by atoms with van der Waals surface area (Å²) in [7, 11) is 0. The van der Waals surface area contributed by atoms with E-state index in [-0.39, 0.29) is 18.2 Å². The molecule has 1 amide bonds. The van der Waals surface area contributed by atoms with Crippen LogP contribution in [0.4, 0.5) is 0 Å². The monoisotopic (exact) mass is 367 g/mol. The smallest absolute Gasteiger partial charge is 0.232 e. The lowest BCUT2D eigenvalue weighted by molar-refractivity contribution is -0.132. The van der Waals surface area contributed by atoms with Gasteiger partial charge in [0.1, 0.15) is 12.2 Å². The second kappa shape index (κ2) is 7.13. The number of carbonyl (C=O) groups is 1. The van der Waals surface area contributed by atoms with Crippen molar-refractivity contribution < 1.29 is 9.21 Å². The van der Waals surface area contributed by atoms with E-state index < -0.39 is 0 Å². The molecule has 1 atom stereocenters. The number of amides is 1. The van der Waals surface area contributed by atoms with Gasteiger partial charge in [0.25, 0.3) is 0 Å². The van der Waals surface area contributed by atoms with Crippen molar-refractivity contribution in [3.63, 3.8) is 0 Å². The molecule has 0 bridgehead atoms. The first-order valence-electron chi connectivity index (χ1n) is 9.56. The quantitative estimate of drug-likeness (QED) is 0.707. The SMILES string of the molecule is Cc1nnc(CC(=O)N2CCCC(c3nc4ccccc4n3C(C)C)C2)o1. The summed E-state index contributed by atoms with van der Waals surface area (Å²) in [4.78, 5) is 19.6. The maximum Gasteiger partial charge on any atom is 0.232 e. The summed E-state index contributed by atoms with van der Waals surface area (Å²) in [6.07, 6.45) is 2.17. The van der Waals surface area contributed by atoms with Crippen molar-refractivity contribution in [2.75, 3.05) is 13.1 Å². The van der Waals surface area contributed by atoms with Gasteiger partial charge < -0.3 is 13.9 Å². The van der Waals surface area contributed by atoms with Gasteiger partial charge in [-0.25, -0.2) is 4.98 Å². The number of imidazole rings is 1. The molecule has 3 aromatic rings. The van der Waals surface area contributed by atoms with Crippen LogP contribution in [-0.4, -0.2) is 43.6 Å². The lowest BCUT2D eigenvalue weighted by atomic mass is 9.96. The molecule has 7 nitrogen and oxygen atoms in total. The number of aryl methyl sites for hydroxylation is 1. The predicted molar refractivity (Wildman–Crippen MR) is 101 cm³/mol. The first kappa shape index (κ1) is 17.7. The molecular weight excluding hydrogens is 342 g/mol. The summed E-state index contributed by atoms with van der Waals surface area (Å²) < 4.78 is 7.68. The lowest BCUT2D eigenvalue weighted by Crippen LogP contribution is -2.40. The van der Waals surface area contributed by atoms with Crippen LogP contribution in [0.3, 0.4) is 0 Å². The second-order valence-electron chi connectivity index (χ2n) is 7.49. The van der Waals surface area contributed by atoms with Crippen molar-refractivity contribution in [3.8, 4) is 0 Å². The van der Waals surface area contributed by atoms with Crippen molar-refractivity contribution in [2.45, 2.75) is 52.0 Å². The van der Waals surface area contributed by atoms with Gasteiger partial charge in [-0.2, -0.15) is 0 Å². The fraction of sp³-hybridized carbons (Fsp3) is 0.500. The number of hydrogen-bond donors (Lipinski definition) is 0. The van der Waals surface area contributed by atoms with Crippen molar-refractivity contribution in [3.05, 3.63) is 41.9 Å².